The van der Waals surface area contributed by atoms with Crippen LogP contribution in [0, 0.1) is 0 Å². The lowest BCUT2D eigenvalue weighted by molar-refractivity contribution is -0.114. The molecule has 0 spiro atoms. The number of hydrogen-bond acceptors (Lipinski definition) is 5. The standard InChI is InChI=1S/C14H10ClN3OS2/c1-8(19)16-9-2-4-10(5-3-9)21-13-11-6-7-20-12(11)17-14(15)18-13/h2-7H,1H3,(H,16,19). The topological polar surface area (TPSA) is 54.9 Å². The summed E-state index contributed by atoms with van der Waals surface area (Å²) in [6, 6.07) is 9.58. The van der Waals surface area contributed by atoms with E-state index in [1.165, 1.54) is 30.0 Å². The summed E-state index contributed by atoms with van der Waals surface area (Å²) in [5.74, 6) is -0.0852. The van der Waals surface area contributed by atoms with E-state index < -0.39 is 0 Å². The molecule has 21 heavy (non-hydrogen) atoms. The smallest absolute Gasteiger partial charge is 0.224 e. The Kier molecular flexibility index (Phi) is 4.10. The van der Waals surface area contributed by atoms with E-state index in [0.717, 1.165) is 25.8 Å². The first-order chi connectivity index (χ1) is 10.1. The maximum Gasteiger partial charge on any atom is 0.224 e. The van der Waals surface area contributed by atoms with Crippen molar-refractivity contribution in [3.8, 4) is 0 Å². The second kappa shape index (κ2) is 6.01. The molecule has 7 heteroatoms. The van der Waals surface area contributed by atoms with Crippen molar-refractivity contribution in [1.82, 2.24) is 9.97 Å². The SMILES string of the molecule is CC(=O)Nc1ccc(Sc2nc(Cl)nc3sccc23)cc1. The summed E-state index contributed by atoms with van der Waals surface area (Å²) in [6.45, 7) is 1.48. The van der Waals surface area contributed by atoms with Crippen molar-refractivity contribution in [2.24, 2.45) is 0 Å². The number of anilines is 1. The minimum Gasteiger partial charge on any atom is -0.326 e. The first-order valence-corrected chi connectivity index (χ1v) is 8.15. The molecule has 1 aromatic carbocycles. The van der Waals surface area contributed by atoms with Crippen molar-refractivity contribution in [2.45, 2.75) is 16.8 Å². The fourth-order valence-electron chi connectivity index (χ4n) is 1.80. The second-order valence-electron chi connectivity index (χ2n) is 4.24. The van der Waals surface area contributed by atoms with E-state index in [4.69, 9.17) is 11.6 Å². The Labute approximate surface area is 134 Å². The fraction of sp³-hybridized carbons (Fsp3) is 0.0714. The van der Waals surface area contributed by atoms with Gasteiger partial charge in [0.25, 0.3) is 0 Å². The quantitative estimate of drug-likeness (QED) is 0.567. The maximum atomic E-state index is 11.0. The normalized spacial score (nSPS) is 10.8. The lowest BCUT2D eigenvalue weighted by Crippen LogP contribution is -2.05. The molecule has 0 atom stereocenters. The molecule has 0 saturated carbocycles. The number of benzene rings is 1. The van der Waals surface area contributed by atoms with Crippen molar-refractivity contribution in [3.63, 3.8) is 0 Å². The van der Waals surface area contributed by atoms with Crippen LogP contribution >= 0.6 is 34.7 Å². The molecule has 1 amide bonds. The van der Waals surface area contributed by atoms with Crippen molar-refractivity contribution in [3.05, 3.63) is 41.0 Å². The lowest BCUT2D eigenvalue weighted by atomic mass is 10.3. The van der Waals surface area contributed by atoms with Crippen LogP contribution in [0.5, 0.6) is 0 Å². The van der Waals surface area contributed by atoms with Crippen LogP contribution in [0.1, 0.15) is 6.92 Å². The van der Waals surface area contributed by atoms with Crippen LogP contribution in [-0.4, -0.2) is 15.9 Å². The zero-order chi connectivity index (χ0) is 14.8. The predicted molar refractivity (Wildman–Crippen MR) is 87.3 cm³/mol. The van der Waals surface area contributed by atoms with Crippen LogP contribution < -0.4 is 5.32 Å². The Bertz CT molecular complexity index is 802. The molecule has 106 valence electrons. The number of hydrogen-bond donors (Lipinski definition) is 1. The van der Waals surface area contributed by atoms with Crippen LogP contribution in [0.15, 0.2) is 45.6 Å². The van der Waals surface area contributed by atoms with E-state index in [-0.39, 0.29) is 11.2 Å². The predicted octanol–water partition coefficient (Wildman–Crippen LogP) is 4.45. The van der Waals surface area contributed by atoms with Gasteiger partial charge < -0.3 is 5.32 Å². The van der Waals surface area contributed by atoms with Crippen LogP contribution in [-0.2, 0) is 4.79 Å². The van der Waals surface area contributed by atoms with Gasteiger partial charge in [-0.15, -0.1) is 11.3 Å². The highest BCUT2D eigenvalue weighted by Gasteiger charge is 2.09. The number of rotatable bonds is 3. The molecule has 3 rings (SSSR count). The first kappa shape index (κ1) is 14.3. The summed E-state index contributed by atoms with van der Waals surface area (Å²) in [4.78, 5) is 21.4. The first-order valence-electron chi connectivity index (χ1n) is 6.08. The number of carbonyl (C=O) groups is 1. The molecule has 0 radical (unpaired) electrons. The molecule has 3 aromatic rings. The van der Waals surface area contributed by atoms with Crippen LogP contribution in [0.3, 0.4) is 0 Å². The minimum atomic E-state index is -0.0852. The van der Waals surface area contributed by atoms with E-state index in [9.17, 15) is 4.79 Å². The number of carbonyl (C=O) groups excluding carboxylic acids is 1. The number of thiophene rings is 1. The van der Waals surface area contributed by atoms with Gasteiger partial charge in [-0.25, -0.2) is 9.97 Å². The molecule has 0 aliphatic heterocycles. The number of nitrogens with one attached hydrogen (secondary N) is 1. The summed E-state index contributed by atoms with van der Waals surface area (Å²) in [5, 5.41) is 6.79. The molecule has 0 aliphatic carbocycles. The van der Waals surface area contributed by atoms with Crippen LogP contribution in [0.4, 0.5) is 5.69 Å². The Hall–Kier alpha value is -1.63. The summed E-state index contributed by atoms with van der Waals surface area (Å²) in [5.41, 5.74) is 0.772. The van der Waals surface area contributed by atoms with Gasteiger partial charge in [0.15, 0.2) is 0 Å². The summed E-state index contributed by atoms with van der Waals surface area (Å²) >= 11 is 9.01. The molecule has 0 unspecified atom stereocenters. The van der Waals surface area contributed by atoms with Gasteiger partial charge in [0.05, 0.1) is 0 Å². The number of amides is 1. The van der Waals surface area contributed by atoms with Gasteiger partial charge in [0.2, 0.25) is 11.2 Å². The van der Waals surface area contributed by atoms with Crippen molar-refractivity contribution >= 4 is 56.5 Å². The van der Waals surface area contributed by atoms with E-state index in [0.29, 0.717) is 0 Å². The molecular weight excluding hydrogens is 326 g/mol. The third-order valence-corrected chi connectivity index (χ3v) is 4.64. The highest BCUT2D eigenvalue weighted by molar-refractivity contribution is 7.99. The van der Waals surface area contributed by atoms with Crippen LogP contribution in [0.25, 0.3) is 10.2 Å². The largest absolute Gasteiger partial charge is 0.326 e. The number of fused-ring (bicyclic) bond motifs is 1. The van der Waals surface area contributed by atoms with Gasteiger partial charge >= 0.3 is 0 Å². The van der Waals surface area contributed by atoms with Gasteiger partial charge in [0, 0.05) is 22.9 Å². The van der Waals surface area contributed by atoms with Crippen molar-refractivity contribution in [2.75, 3.05) is 5.32 Å². The Morgan fingerprint density at radius 2 is 2.00 bits per heavy atom. The maximum absolute atomic E-state index is 11.0. The molecule has 1 N–H and O–H groups in total. The average Bonchev–Trinajstić information content (AvgIpc) is 2.88. The van der Waals surface area contributed by atoms with E-state index in [1.54, 1.807) is 0 Å². The van der Waals surface area contributed by atoms with E-state index >= 15 is 0 Å². The Morgan fingerprint density at radius 1 is 1.24 bits per heavy atom. The molecule has 0 saturated heterocycles. The molecule has 2 aromatic heterocycles. The molecule has 0 fully saturated rings. The Balaban J connectivity index is 1.88. The zero-order valence-corrected chi connectivity index (χ0v) is 13.4. The lowest BCUT2D eigenvalue weighted by Gasteiger charge is -2.05. The number of aromatic nitrogens is 2. The second-order valence-corrected chi connectivity index (χ2v) is 6.54. The van der Waals surface area contributed by atoms with Crippen molar-refractivity contribution in [1.29, 1.82) is 0 Å². The van der Waals surface area contributed by atoms with Gasteiger partial charge in [-0.3, -0.25) is 4.79 Å². The summed E-state index contributed by atoms with van der Waals surface area (Å²) < 4.78 is 0. The van der Waals surface area contributed by atoms with Gasteiger partial charge in [0.1, 0.15) is 9.86 Å². The third-order valence-electron chi connectivity index (χ3n) is 2.65. The van der Waals surface area contributed by atoms with E-state index in [2.05, 4.69) is 15.3 Å². The van der Waals surface area contributed by atoms with Crippen molar-refractivity contribution < 1.29 is 4.79 Å². The molecule has 2 heterocycles. The molecule has 0 bridgehead atoms. The third kappa shape index (κ3) is 3.34. The molecular formula is C14H10ClN3OS2. The highest BCUT2D eigenvalue weighted by Crippen LogP contribution is 2.34. The highest BCUT2D eigenvalue weighted by atomic mass is 35.5. The minimum absolute atomic E-state index is 0.0852. The molecule has 0 aliphatic rings. The monoisotopic (exact) mass is 335 g/mol. The Morgan fingerprint density at radius 3 is 2.71 bits per heavy atom. The average molecular weight is 336 g/mol. The van der Waals surface area contributed by atoms with Gasteiger partial charge in [-0.1, -0.05) is 11.8 Å². The number of nitrogens with zero attached hydrogens (tertiary/aromatic N) is 2. The summed E-state index contributed by atoms with van der Waals surface area (Å²) in [6.07, 6.45) is 0. The zero-order valence-electron chi connectivity index (χ0n) is 11.0. The van der Waals surface area contributed by atoms with Gasteiger partial charge in [-0.2, -0.15) is 0 Å². The summed E-state index contributed by atoms with van der Waals surface area (Å²) in [7, 11) is 0. The van der Waals surface area contributed by atoms with Crippen LogP contribution in [0.2, 0.25) is 5.28 Å². The number of halogens is 1. The fourth-order valence-corrected chi connectivity index (χ4v) is 3.80. The van der Waals surface area contributed by atoms with Gasteiger partial charge in [-0.05, 0) is 47.3 Å². The van der Waals surface area contributed by atoms with E-state index in [1.807, 2.05) is 35.7 Å². The molecule has 4 nitrogen and oxygen atoms in total.